The number of carbonyl (C=O) groups excluding carboxylic acids is 2. The Labute approximate surface area is 102 Å². The van der Waals surface area contributed by atoms with Crippen molar-refractivity contribution in [2.45, 2.75) is 25.7 Å². The summed E-state index contributed by atoms with van der Waals surface area (Å²) in [4.78, 5) is 39.3. The quantitative estimate of drug-likeness (QED) is 0.105. The van der Waals surface area contributed by atoms with Crippen LogP contribution in [0.3, 0.4) is 0 Å². The lowest BCUT2D eigenvalue weighted by Crippen LogP contribution is -2.30. The Hall–Kier alpha value is -2.20. The molecule has 0 aliphatic carbocycles. The molecule has 0 spiro atoms. The second kappa shape index (κ2) is 11.3. The topological polar surface area (TPSA) is 185 Å². The first-order valence-corrected chi connectivity index (χ1v) is 4.80. The number of unbranched alkanes of at least 4 members (excludes halogenated alkanes) is 1. The molecule has 0 saturated heterocycles. The zero-order valence-corrected chi connectivity index (χ0v) is 9.51. The first kappa shape index (κ1) is 18.2. The van der Waals surface area contributed by atoms with E-state index >= 15 is 0 Å². The van der Waals surface area contributed by atoms with Crippen LogP contribution in [0.25, 0.3) is 0 Å². The molecule has 0 radical (unpaired) electrons. The van der Waals surface area contributed by atoms with Gasteiger partial charge in [-0.05, 0) is 12.8 Å². The van der Waals surface area contributed by atoms with Crippen LogP contribution in [-0.4, -0.2) is 34.0 Å². The third kappa shape index (κ3) is 13.8. The number of hydrazine groups is 2. The van der Waals surface area contributed by atoms with E-state index in [2.05, 4.69) is 0 Å². The van der Waals surface area contributed by atoms with Gasteiger partial charge in [-0.15, -0.1) is 0 Å². The number of hydrogen-bond acceptors (Lipinski definition) is 6. The number of carboxylic acid groups (broad SMARTS) is 2. The van der Waals surface area contributed by atoms with E-state index in [0.29, 0.717) is 25.7 Å². The molecule has 10 heteroatoms. The van der Waals surface area contributed by atoms with Gasteiger partial charge in [-0.3, -0.25) is 20.4 Å². The average molecular weight is 264 g/mol. The van der Waals surface area contributed by atoms with Crippen molar-refractivity contribution < 1.29 is 29.4 Å². The van der Waals surface area contributed by atoms with E-state index < -0.39 is 11.9 Å². The Bertz CT molecular complexity index is 276. The van der Waals surface area contributed by atoms with Crippen LogP contribution in [0.5, 0.6) is 0 Å². The number of nitrogens with two attached hydrogens (primary N) is 2. The standard InChI is InChI=1S/C6H14N4O2.C2H2O4/c7-9-5(11)3-1-2-4-6(12)10-8;3-1(4)2(5)6/h1-4,7-8H2,(H,9,11)(H,10,12);(H,3,4)(H,5,6). The summed E-state index contributed by atoms with van der Waals surface area (Å²) in [5.74, 6) is 5.60. The lowest BCUT2D eigenvalue weighted by molar-refractivity contribution is -0.159. The Morgan fingerprint density at radius 3 is 1.22 bits per heavy atom. The van der Waals surface area contributed by atoms with E-state index in [1.807, 2.05) is 10.9 Å². The van der Waals surface area contributed by atoms with Crippen molar-refractivity contribution in [3.63, 3.8) is 0 Å². The molecule has 0 aromatic heterocycles. The highest BCUT2D eigenvalue weighted by atomic mass is 16.4. The van der Waals surface area contributed by atoms with Gasteiger partial charge in [-0.1, -0.05) is 0 Å². The molecule has 0 bridgehead atoms. The highest BCUT2D eigenvalue weighted by molar-refractivity contribution is 6.27. The lowest BCUT2D eigenvalue weighted by Gasteiger charge is -1.99. The van der Waals surface area contributed by atoms with Gasteiger partial charge in [-0.25, -0.2) is 21.3 Å². The fourth-order valence-corrected chi connectivity index (χ4v) is 0.715. The third-order valence-electron chi connectivity index (χ3n) is 1.56. The van der Waals surface area contributed by atoms with E-state index in [0.717, 1.165) is 0 Å². The molecule has 0 aromatic rings. The molecule has 10 nitrogen and oxygen atoms in total. The highest BCUT2D eigenvalue weighted by Gasteiger charge is 2.04. The normalized spacial score (nSPS) is 8.56. The van der Waals surface area contributed by atoms with Crippen LogP contribution in [0.2, 0.25) is 0 Å². The summed E-state index contributed by atoms with van der Waals surface area (Å²) in [6.45, 7) is 0. The van der Waals surface area contributed by atoms with Gasteiger partial charge in [0.05, 0.1) is 0 Å². The molecule has 0 aliphatic heterocycles. The maximum Gasteiger partial charge on any atom is 0.414 e. The van der Waals surface area contributed by atoms with Gasteiger partial charge in [0.2, 0.25) is 11.8 Å². The second-order valence-electron chi connectivity index (χ2n) is 2.95. The molecular formula is C8H16N4O6. The Morgan fingerprint density at radius 1 is 0.778 bits per heavy atom. The lowest BCUT2D eigenvalue weighted by atomic mass is 10.2. The molecule has 104 valence electrons. The minimum absolute atomic E-state index is 0.219. The summed E-state index contributed by atoms with van der Waals surface area (Å²) >= 11 is 0. The van der Waals surface area contributed by atoms with Gasteiger partial charge in [0.15, 0.2) is 0 Å². The average Bonchev–Trinajstić information content (AvgIpc) is 2.34. The maximum atomic E-state index is 10.6. The molecular weight excluding hydrogens is 248 g/mol. The number of hydrogen-bond donors (Lipinski definition) is 6. The zero-order chi connectivity index (χ0) is 14.6. The van der Waals surface area contributed by atoms with Crippen LogP contribution in [0.4, 0.5) is 0 Å². The molecule has 18 heavy (non-hydrogen) atoms. The predicted molar refractivity (Wildman–Crippen MR) is 58.4 cm³/mol. The number of carboxylic acids is 2. The van der Waals surface area contributed by atoms with Crippen LogP contribution in [0.1, 0.15) is 25.7 Å². The van der Waals surface area contributed by atoms with Crippen LogP contribution >= 0.6 is 0 Å². The summed E-state index contributed by atoms with van der Waals surface area (Å²) in [6.07, 6.45) is 1.95. The van der Waals surface area contributed by atoms with Gasteiger partial charge in [0.1, 0.15) is 0 Å². The smallest absolute Gasteiger partial charge is 0.414 e. The van der Waals surface area contributed by atoms with Crippen molar-refractivity contribution in [3.8, 4) is 0 Å². The number of amides is 2. The monoisotopic (exact) mass is 264 g/mol. The third-order valence-corrected chi connectivity index (χ3v) is 1.56. The van der Waals surface area contributed by atoms with Crippen molar-refractivity contribution in [2.24, 2.45) is 11.7 Å². The van der Waals surface area contributed by atoms with E-state index in [-0.39, 0.29) is 11.8 Å². The molecule has 0 unspecified atom stereocenters. The first-order chi connectivity index (χ1) is 8.34. The van der Waals surface area contributed by atoms with Crippen LogP contribution in [0.15, 0.2) is 0 Å². The molecule has 0 heterocycles. The zero-order valence-electron chi connectivity index (χ0n) is 9.51. The number of nitrogens with one attached hydrogen (secondary N) is 2. The number of carbonyl (C=O) groups is 4. The second-order valence-corrected chi connectivity index (χ2v) is 2.95. The molecule has 0 aliphatic rings. The summed E-state index contributed by atoms with van der Waals surface area (Å²) in [6, 6.07) is 0. The summed E-state index contributed by atoms with van der Waals surface area (Å²) in [5, 5.41) is 14.8. The summed E-state index contributed by atoms with van der Waals surface area (Å²) < 4.78 is 0. The minimum atomic E-state index is -1.82. The van der Waals surface area contributed by atoms with Gasteiger partial charge >= 0.3 is 11.9 Å². The number of rotatable bonds is 5. The fourth-order valence-electron chi connectivity index (χ4n) is 0.715. The fraction of sp³-hybridized carbons (Fsp3) is 0.500. The van der Waals surface area contributed by atoms with Gasteiger partial charge in [0, 0.05) is 12.8 Å². The van der Waals surface area contributed by atoms with Crippen molar-refractivity contribution in [2.75, 3.05) is 0 Å². The van der Waals surface area contributed by atoms with E-state index in [1.165, 1.54) is 0 Å². The van der Waals surface area contributed by atoms with Crippen molar-refractivity contribution in [1.29, 1.82) is 0 Å². The van der Waals surface area contributed by atoms with Crippen molar-refractivity contribution in [3.05, 3.63) is 0 Å². The van der Waals surface area contributed by atoms with Gasteiger partial charge < -0.3 is 10.2 Å². The highest BCUT2D eigenvalue weighted by Crippen LogP contribution is 1.98. The van der Waals surface area contributed by atoms with Gasteiger partial charge in [-0.2, -0.15) is 0 Å². The molecule has 0 rings (SSSR count). The molecule has 0 fully saturated rings. The van der Waals surface area contributed by atoms with Crippen LogP contribution < -0.4 is 22.5 Å². The maximum absolute atomic E-state index is 10.6. The van der Waals surface area contributed by atoms with Gasteiger partial charge in [0.25, 0.3) is 0 Å². The van der Waals surface area contributed by atoms with E-state index in [1.54, 1.807) is 0 Å². The van der Waals surface area contributed by atoms with E-state index in [9.17, 15) is 9.59 Å². The van der Waals surface area contributed by atoms with Crippen molar-refractivity contribution in [1.82, 2.24) is 10.9 Å². The largest absolute Gasteiger partial charge is 0.473 e. The Morgan fingerprint density at radius 2 is 1.06 bits per heavy atom. The molecule has 0 saturated carbocycles. The summed E-state index contributed by atoms with van der Waals surface area (Å²) in [7, 11) is 0. The molecule has 0 aromatic carbocycles. The van der Waals surface area contributed by atoms with Crippen LogP contribution in [0, 0.1) is 0 Å². The predicted octanol–water partition coefficient (Wildman–Crippen LogP) is -2.32. The molecule has 0 atom stereocenters. The molecule has 2 amide bonds. The van der Waals surface area contributed by atoms with Crippen LogP contribution in [-0.2, 0) is 19.2 Å². The first-order valence-electron chi connectivity index (χ1n) is 4.80. The summed E-state index contributed by atoms with van der Waals surface area (Å²) in [5.41, 5.74) is 4.01. The van der Waals surface area contributed by atoms with Crippen molar-refractivity contribution >= 4 is 23.8 Å². The Kier molecular flexibility index (Phi) is 11.4. The van der Waals surface area contributed by atoms with E-state index in [4.69, 9.17) is 31.5 Å². The molecule has 8 N–H and O–H groups in total. The minimum Gasteiger partial charge on any atom is -0.473 e. The SMILES string of the molecule is NNC(=O)CCCCC(=O)NN.O=C(O)C(=O)O. The number of aliphatic carboxylic acids is 2. The Balaban J connectivity index is 0.